The van der Waals surface area contributed by atoms with Crippen molar-refractivity contribution in [3.8, 4) is 0 Å². The van der Waals surface area contributed by atoms with E-state index in [1.54, 1.807) is 24.3 Å². The van der Waals surface area contributed by atoms with Crippen molar-refractivity contribution in [1.29, 1.82) is 0 Å². The zero-order valence-electron chi connectivity index (χ0n) is 13.9. The fourth-order valence-electron chi connectivity index (χ4n) is 1.67. The smallest absolute Gasteiger partial charge is 0.338 e. The Balaban J connectivity index is 2.35. The third-order valence-corrected chi connectivity index (χ3v) is 2.86. The van der Waals surface area contributed by atoms with Gasteiger partial charge in [-0.1, -0.05) is 6.92 Å². The van der Waals surface area contributed by atoms with E-state index in [4.69, 9.17) is 9.47 Å². The molecule has 0 saturated heterocycles. The molecule has 1 aromatic rings. The Bertz CT molecular complexity index is 545. The first kappa shape index (κ1) is 19.4. The van der Waals surface area contributed by atoms with Gasteiger partial charge in [0.2, 0.25) is 5.91 Å². The first-order valence-electron chi connectivity index (χ1n) is 7.64. The van der Waals surface area contributed by atoms with Crippen LogP contribution < -0.4 is 16.0 Å². The van der Waals surface area contributed by atoms with Gasteiger partial charge in [0.25, 0.3) is 0 Å². The molecule has 0 heterocycles. The fraction of sp³-hybridized carbons (Fsp3) is 0.438. The monoisotopic (exact) mass is 337 g/mol. The number of anilines is 1. The predicted octanol–water partition coefficient (Wildman–Crippen LogP) is 1.14. The number of hydrogen-bond donors (Lipinski definition) is 3. The third-order valence-electron chi connectivity index (χ3n) is 2.86. The van der Waals surface area contributed by atoms with E-state index in [1.807, 2.05) is 6.92 Å². The molecule has 3 amide bonds. The van der Waals surface area contributed by atoms with Gasteiger partial charge in [-0.2, -0.15) is 0 Å². The van der Waals surface area contributed by atoms with Crippen molar-refractivity contribution in [3.63, 3.8) is 0 Å². The van der Waals surface area contributed by atoms with Gasteiger partial charge in [0, 0.05) is 19.3 Å². The first-order chi connectivity index (χ1) is 11.6. The Kier molecular flexibility index (Phi) is 8.91. The van der Waals surface area contributed by atoms with Gasteiger partial charge in [0.15, 0.2) is 0 Å². The summed E-state index contributed by atoms with van der Waals surface area (Å²) in [5, 5.41) is 7.51. The average molecular weight is 337 g/mol. The summed E-state index contributed by atoms with van der Waals surface area (Å²) in [6.07, 6.45) is 0.763. The zero-order valence-corrected chi connectivity index (χ0v) is 13.9. The number of carbonyl (C=O) groups excluding carboxylic acids is 3. The Morgan fingerprint density at radius 1 is 1.08 bits per heavy atom. The van der Waals surface area contributed by atoms with E-state index in [9.17, 15) is 14.4 Å². The van der Waals surface area contributed by atoms with Crippen LogP contribution in [0.25, 0.3) is 0 Å². The molecule has 0 atom stereocenters. The van der Waals surface area contributed by atoms with Gasteiger partial charge < -0.3 is 20.1 Å². The van der Waals surface area contributed by atoms with Crippen LogP contribution in [0.15, 0.2) is 24.3 Å². The lowest BCUT2D eigenvalue weighted by atomic mass is 10.2. The second kappa shape index (κ2) is 11.0. The summed E-state index contributed by atoms with van der Waals surface area (Å²) in [6, 6.07) is 5.96. The van der Waals surface area contributed by atoms with Crippen molar-refractivity contribution in [2.45, 2.75) is 13.3 Å². The number of imide groups is 1. The van der Waals surface area contributed by atoms with Crippen molar-refractivity contribution >= 4 is 23.6 Å². The van der Waals surface area contributed by atoms with Crippen LogP contribution in [0.5, 0.6) is 0 Å². The van der Waals surface area contributed by atoms with Gasteiger partial charge in [-0.3, -0.25) is 10.1 Å². The molecule has 8 nitrogen and oxygen atoms in total. The quantitative estimate of drug-likeness (QED) is 0.461. The van der Waals surface area contributed by atoms with Gasteiger partial charge in [0.1, 0.15) is 0 Å². The summed E-state index contributed by atoms with van der Waals surface area (Å²) in [5.74, 6) is -0.856. The second-order valence-electron chi connectivity index (χ2n) is 4.86. The largest absolute Gasteiger partial charge is 0.462 e. The van der Waals surface area contributed by atoms with Crippen LogP contribution in [0, 0.1) is 0 Å². The van der Waals surface area contributed by atoms with Crippen molar-refractivity contribution in [1.82, 2.24) is 10.6 Å². The van der Waals surface area contributed by atoms with Crippen molar-refractivity contribution in [2.75, 3.05) is 38.7 Å². The van der Waals surface area contributed by atoms with Gasteiger partial charge in [-0.05, 0) is 30.7 Å². The van der Waals surface area contributed by atoms with Crippen molar-refractivity contribution in [3.05, 3.63) is 29.8 Å². The molecule has 3 N–H and O–H groups in total. The highest BCUT2D eigenvalue weighted by atomic mass is 16.5. The van der Waals surface area contributed by atoms with E-state index in [1.165, 1.54) is 7.11 Å². The number of amides is 3. The molecule has 0 bridgehead atoms. The fourth-order valence-corrected chi connectivity index (χ4v) is 1.67. The molecule has 0 saturated carbocycles. The Hall–Kier alpha value is -2.61. The number of hydrogen-bond acceptors (Lipinski definition) is 6. The predicted molar refractivity (Wildman–Crippen MR) is 88.9 cm³/mol. The Morgan fingerprint density at radius 2 is 1.79 bits per heavy atom. The van der Waals surface area contributed by atoms with Crippen LogP contribution in [0.3, 0.4) is 0 Å². The SMILES string of the molecule is CCCOC(=O)c1ccc(NCC(=O)NC(=O)NCCOC)cc1. The van der Waals surface area contributed by atoms with Crippen LogP contribution in [-0.2, 0) is 14.3 Å². The number of methoxy groups -OCH3 is 1. The number of rotatable bonds is 9. The van der Waals surface area contributed by atoms with E-state index in [0.29, 0.717) is 31.0 Å². The highest BCUT2D eigenvalue weighted by molar-refractivity contribution is 5.96. The summed E-state index contributed by atoms with van der Waals surface area (Å²) in [4.78, 5) is 34.6. The Labute approximate surface area is 140 Å². The van der Waals surface area contributed by atoms with Crippen LogP contribution in [0.1, 0.15) is 23.7 Å². The van der Waals surface area contributed by atoms with Gasteiger partial charge in [-0.15, -0.1) is 0 Å². The van der Waals surface area contributed by atoms with Crippen LogP contribution >= 0.6 is 0 Å². The molecule has 0 aliphatic carbocycles. The van der Waals surface area contributed by atoms with Crippen LogP contribution in [-0.4, -0.2) is 51.3 Å². The molecule has 0 aliphatic rings. The minimum Gasteiger partial charge on any atom is -0.462 e. The maximum Gasteiger partial charge on any atom is 0.338 e. The lowest BCUT2D eigenvalue weighted by Gasteiger charge is -2.09. The van der Waals surface area contributed by atoms with Crippen molar-refractivity contribution in [2.24, 2.45) is 0 Å². The molecule has 0 radical (unpaired) electrons. The van der Waals surface area contributed by atoms with Gasteiger partial charge >= 0.3 is 12.0 Å². The van der Waals surface area contributed by atoms with E-state index < -0.39 is 11.9 Å². The molecule has 0 aliphatic heterocycles. The second-order valence-corrected chi connectivity index (χ2v) is 4.86. The summed E-state index contributed by atoms with van der Waals surface area (Å²) < 4.78 is 9.80. The molecule has 0 spiro atoms. The maximum absolute atomic E-state index is 11.7. The lowest BCUT2D eigenvalue weighted by molar-refractivity contribution is -0.118. The minimum absolute atomic E-state index is 0.0721. The highest BCUT2D eigenvalue weighted by Gasteiger charge is 2.08. The number of benzene rings is 1. The Morgan fingerprint density at radius 3 is 2.42 bits per heavy atom. The number of carbonyl (C=O) groups is 3. The lowest BCUT2D eigenvalue weighted by Crippen LogP contribution is -2.42. The first-order valence-corrected chi connectivity index (χ1v) is 7.64. The van der Waals surface area contributed by atoms with Crippen molar-refractivity contribution < 1.29 is 23.9 Å². The molecule has 0 unspecified atom stereocenters. The highest BCUT2D eigenvalue weighted by Crippen LogP contribution is 2.10. The third kappa shape index (κ3) is 7.59. The van der Waals surface area contributed by atoms with E-state index >= 15 is 0 Å². The number of urea groups is 1. The summed E-state index contributed by atoms with van der Waals surface area (Å²) >= 11 is 0. The number of ether oxygens (including phenoxy) is 2. The topological polar surface area (TPSA) is 106 Å². The standard InChI is InChI=1S/C16H23N3O5/c1-3-9-24-15(21)12-4-6-13(7-5-12)18-11-14(20)19-16(22)17-8-10-23-2/h4-7,18H,3,8-11H2,1-2H3,(H2,17,19,20,22). The molecular formula is C16H23N3O5. The number of esters is 1. The average Bonchev–Trinajstić information content (AvgIpc) is 2.58. The molecule has 132 valence electrons. The van der Waals surface area contributed by atoms with Crippen LogP contribution in [0.4, 0.5) is 10.5 Å². The normalized spacial score (nSPS) is 9.92. The molecule has 1 rings (SSSR count). The van der Waals surface area contributed by atoms with Gasteiger partial charge in [-0.25, -0.2) is 9.59 Å². The van der Waals surface area contributed by atoms with Crippen LogP contribution in [0.2, 0.25) is 0 Å². The maximum atomic E-state index is 11.7. The molecule has 24 heavy (non-hydrogen) atoms. The molecular weight excluding hydrogens is 314 g/mol. The zero-order chi connectivity index (χ0) is 17.8. The van der Waals surface area contributed by atoms with E-state index in [2.05, 4.69) is 16.0 Å². The van der Waals surface area contributed by atoms with E-state index in [-0.39, 0.29) is 12.5 Å². The molecule has 0 aromatic heterocycles. The summed E-state index contributed by atoms with van der Waals surface area (Å²) in [7, 11) is 1.52. The van der Waals surface area contributed by atoms with E-state index in [0.717, 1.165) is 6.42 Å². The summed E-state index contributed by atoms with van der Waals surface area (Å²) in [6.45, 7) is 2.91. The minimum atomic E-state index is -0.576. The van der Waals surface area contributed by atoms with Gasteiger partial charge in [0.05, 0.1) is 25.3 Å². The number of nitrogens with one attached hydrogen (secondary N) is 3. The molecule has 1 aromatic carbocycles. The molecule has 8 heteroatoms. The molecule has 0 fully saturated rings. The summed E-state index contributed by atoms with van der Waals surface area (Å²) in [5.41, 5.74) is 1.09.